The van der Waals surface area contributed by atoms with Crippen LogP contribution in [0.25, 0.3) is 0 Å². The predicted octanol–water partition coefficient (Wildman–Crippen LogP) is 1.54. The molecule has 0 spiro atoms. The summed E-state index contributed by atoms with van der Waals surface area (Å²) in [6.45, 7) is 3.96. The van der Waals surface area contributed by atoms with Gasteiger partial charge < -0.3 is 0 Å². The summed E-state index contributed by atoms with van der Waals surface area (Å²) in [5, 5.41) is 4.09. The van der Waals surface area contributed by atoms with Crippen LogP contribution >= 0.6 is 0 Å². The summed E-state index contributed by atoms with van der Waals surface area (Å²) in [4.78, 5) is 14.0. The Hall–Kier alpha value is -2.15. The van der Waals surface area contributed by atoms with Gasteiger partial charge in [0.05, 0.1) is 5.69 Å². The Kier molecular flexibility index (Phi) is 4.65. The second kappa shape index (κ2) is 6.31. The third-order valence-electron chi connectivity index (χ3n) is 3.24. The van der Waals surface area contributed by atoms with Gasteiger partial charge in [-0.25, -0.2) is 8.42 Å². The number of benzene rings is 1. The molecule has 0 bridgehead atoms. The average Bonchev–Trinajstić information content (AvgIpc) is 2.88. The van der Waals surface area contributed by atoms with Crippen LogP contribution < -0.4 is 4.90 Å². The van der Waals surface area contributed by atoms with E-state index in [2.05, 4.69) is 5.10 Å². The first-order valence-corrected chi connectivity index (χ1v) is 8.86. The highest BCUT2D eigenvalue weighted by Crippen LogP contribution is 2.25. The van der Waals surface area contributed by atoms with E-state index in [-0.39, 0.29) is 6.67 Å². The maximum absolute atomic E-state index is 12.5. The highest BCUT2D eigenvalue weighted by Gasteiger charge is 2.23. The van der Waals surface area contributed by atoms with Crippen LogP contribution in [0.15, 0.2) is 36.7 Å². The molecule has 1 aromatic carbocycles. The first-order chi connectivity index (χ1) is 10.3. The SMILES string of the molecule is Cc1cccc(C)c1N(Cn1cccn1)C(=O)CS(C)(=O)=O. The molecule has 6 nitrogen and oxygen atoms in total. The largest absolute Gasteiger partial charge is 0.291 e. The molecule has 0 fully saturated rings. The van der Waals surface area contributed by atoms with E-state index in [0.29, 0.717) is 0 Å². The smallest absolute Gasteiger partial charge is 0.243 e. The number of hydrogen-bond donors (Lipinski definition) is 0. The van der Waals surface area contributed by atoms with Gasteiger partial charge in [-0.05, 0) is 31.0 Å². The number of para-hydroxylation sites is 1. The van der Waals surface area contributed by atoms with Gasteiger partial charge in [-0.3, -0.25) is 14.4 Å². The Bertz CT molecular complexity index is 747. The molecule has 0 saturated heterocycles. The standard InChI is InChI=1S/C15H19N3O3S/c1-12-6-4-7-13(2)15(12)18(11-17-9-5-8-16-17)14(19)10-22(3,20)21/h4-9H,10-11H2,1-3H3. The van der Waals surface area contributed by atoms with Crippen LogP contribution in [-0.2, 0) is 21.3 Å². The minimum Gasteiger partial charge on any atom is -0.291 e. The van der Waals surface area contributed by atoms with Crippen molar-refractivity contribution in [2.75, 3.05) is 16.9 Å². The van der Waals surface area contributed by atoms with Crippen molar-refractivity contribution in [3.8, 4) is 0 Å². The molecule has 22 heavy (non-hydrogen) atoms. The molecule has 118 valence electrons. The number of carbonyl (C=O) groups excluding carboxylic acids is 1. The Labute approximate surface area is 130 Å². The molecule has 2 rings (SSSR count). The highest BCUT2D eigenvalue weighted by molar-refractivity contribution is 7.91. The van der Waals surface area contributed by atoms with Crippen molar-refractivity contribution in [1.29, 1.82) is 0 Å². The number of anilines is 1. The van der Waals surface area contributed by atoms with Crippen molar-refractivity contribution in [1.82, 2.24) is 9.78 Å². The van der Waals surface area contributed by atoms with Gasteiger partial charge in [0, 0.05) is 18.6 Å². The van der Waals surface area contributed by atoms with E-state index in [4.69, 9.17) is 0 Å². The monoisotopic (exact) mass is 321 g/mol. The van der Waals surface area contributed by atoms with E-state index in [0.717, 1.165) is 23.1 Å². The van der Waals surface area contributed by atoms with Gasteiger partial charge in [-0.15, -0.1) is 0 Å². The minimum absolute atomic E-state index is 0.174. The van der Waals surface area contributed by atoms with E-state index >= 15 is 0 Å². The van der Waals surface area contributed by atoms with E-state index in [9.17, 15) is 13.2 Å². The Morgan fingerprint density at radius 1 is 1.23 bits per heavy atom. The molecule has 0 N–H and O–H groups in total. The second-order valence-corrected chi connectivity index (χ2v) is 7.46. The molecular formula is C15H19N3O3S. The van der Waals surface area contributed by atoms with Gasteiger partial charge in [-0.2, -0.15) is 5.10 Å². The van der Waals surface area contributed by atoms with Crippen LogP contribution in [0.2, 0.25) is 0 Å². The lowest BCUT2D eigenvalue weighted by Crippen LogP contribution is -2.38. The summed E-state index contributed by atoms with van der Waals surface area (Å²) in [7, 11) is -3.40. The number of aryl methyl sites for hydroxylation is 2. The molecular weight excluding hydrogens is 302 g/mol. The van der Waals surface area contributed by atoms with Gasteiger partial charge in [0.25, 0.3) is 0 Å². The number of rotatable bonds is 5. The second-order valence-electron chi connectivity index (χ2n) is 5.32. The normalized spacial score (nSPS) is 11.4. The molecule has 0 radical (unpaired) electrons. The fourth-order valence-corrected chi connectivity index (χ4v) is 2.94. The Morgan fingerprint density at radius 2 is 1.86 bits per heavy atom. The van der Waals surface area contributed by atoms with Gasteiger partial charge in [0.15, 0.2) is 9.84 Å². The van der Waals surface area contributed by atoms with Crippen LogP contribution in [0, 0.1) is 13.8 Å². The fraction of sp³-hybridized carbons (Fsp3) is 0.333. The Balaban J connectivity index is 2.43. The fourth-order valence-electron chi connectivity index (χ4n) is 2.34. The van der Waals surface area contributed by atoms with Gasteiger partial charge in [0.2, 0.25) is 5.91 Å². The number of hydrogen-bond acceptors (Lipinski definition) is 4. The molecule has 0 saturated carbocycles. The highest BCUT2D eigenvalue weighted by atomic mass is 32.2. The summed E-state index contributed by atoms with van der Waals surface area (Å²) in [6, 6.07) is 7.45. The Morgan fingerprint density at radius 3 is 2.36 bits per heavy atom. The number of nitrogens with zero attached hydrogens (tertiary/aromatic N) is 3. The lowest BCUT2D eigenvalue weighted by atomic mass is 10.1. The molecule has 0 atom stereocenters. The number of aromatic nitrogens is 2. The minimum atomic E-state index is -3.40. The maximum atomic E-state index is 12.5. The van der Waals surface area contributed by atoms with Crippen molar-refractivity contribution in [2.45, 2.75) is 20.5 Å². The summed E-state index contributed by atoms with van der Waals surface area (Å²) < 4.78 is 24.5. The van der Waals surface area contributed by atoms with E-state index in [1.807, 2.05) is 32.0 Å². The zero-order valence-corrected chi connectivity index (χ0v) is 13.7. The predicted molar refractivity (Wildman–Crippen MR) is 85.3 cm³/mol. The summed E-state index contributed by atoms with van der Waals surface area (Å²) in [6.07, 6.45) is 4.40. The van der Waals surface area contributed by atoms with Crippen molar-refractivity contribution in [3.05, 3.63) is 47.8 Å². The third-order valence-corrected chi connectivity index (χ3v) is 4.01. The first-order valence-electron chi connectivity index (χ1n) is 6.79. The lowest BCUT2D eigenvalue weighted by Gasteiger charge is -2.26. The maximum Gasteiger partial charge on any atom is 0.243 e. The zero-order valence-electron chi connectivity index (χ0n) is 12.9. The molecule has 0 aliphatic carbocycles. The summed E-state index contributed by atoms with van der Waals surface area (Å²) in [5.74, 6) is -0.988. The summed E-state index contributed by atoms with van der Waals surface area (Å²) in [5.41, 5.74) is 2.55. The van der Waals surface area contributed by atoms with Crippen LogP contribution in [0.3, 0.4) is 0 Å². The number of carbonyl (C=O) groups is 1. The van der Waals surface area contributed by atoms with Crippen LogP contribution in [0.1, 0.15) is 11.1 Å². The third kappa shape index (κ3) is 3.94. The molecule has 1 amide bonds. The molecule has 7 heteroatoms. The van der Waals surface area contributed by atoms with Crippen molar-refractivity contribution in [2.24, 2.45) is 0 Å². The summed E-state index contributed by atoms with van der Waals surface area (Å²) >= 11 is 0. The van der Waals surface area contributed by atoms with Gasteiger partial charge >= 0.3 is 0 Å². The molecule has 0 unspecified atom stereocenters. The molecule has 0 aliphatic rings. The average molecular weight is 321 g/mol. The molecule has 1 aromatic heterocycles. The lowest BCUT2D eigenvalue weighted by molar-refractivity contribution is -0.116. The zero-order chi connectivity index (χ0) is 16.3. The van der Waals surface area contributed by atoms with Crippen molar-refractivity contribution in [3.63, 3.8) is 0 Å². The van der Waals surface area contributed by atoms with Gasteiger partial charge in [0.1, 0.15) is 12.4 Å². The number of sulfone groups is 1. The van der Waals surface area contributed by atoms with Crippen molar-refractivity contribution < 1.29 is 13.2 Å². The van der Waals surface area contributed by atoms with Gasteiger partial charge in [-0.1, -0.05) is 18.2 Å². The molecule has 2 aromatic rings. The first kappa shape index (κ1) is 16.2. The van der Waals surface area contributed by atoms with E-state index in [1.165, 1.54) is 4.90 Å². The van der Waals surface area contributed by atoms with Crippen molar-refractivity contribution >= 4 is 21.4 Å². The van der Waals surface area contributed by atoms with Crippen LogP contribution in [0.5, 0.6) is 0 Å². The van der Waals surface area contributed by atoms with E-state index in [1.54, 1.807) is 23.1 Å². The van der Waals surface area contributed by atoms with Crippen LogP contribution in [-0.4, -0.2) is 36.1 Å². The molecule has 1 heterocycles. The quantitative estimate of drug-likeness (QED) is 0.837. The van der Waals surface area contributed by atoms with E-state index < -0.39 is 21.5 Å². The van der Waals surface area contributed by atoms with Crippen LogP contribution in [0.4, 0.5) is 5.69 Å². The number of amides is 1. The topological polar surface area (TPSA) is 72.3 Å². The molecule has 0 aliphatic heterocycles.